The summed E-state index contributed by atoms with van der Waals surface area (Å²) < 4.78 is 10.9. The second kappa shape index (κ2) is 6.20. The van der Waals surface area contributed by atoms with Gasteiger partial charge < -0.3 is 14.8 Å². The number of rotatable bonds is 5. The van der Waals surface area contributed by atoms with E-state index in [9.17, 15) is 0 Å². The summed E-state index contributed by atoms with van der Waals surface area (Å²) in [5.74, 6) is 2.07. The molecule has 4 nitrogen and oxygen atoms in total. The predicted octanol–water partition coefficient (Wildman–Crippen LogP) is 2.91. The van der Waals surface area contributed by atoms with E-state index in [0.29, 0.717) is 11.6 Å². The second-order valence-corrected chi connectivity index (χ2v) is 4.21. The number of aromatic nitrogens is 1. The van der Waals surface area contributed by atoms with Crippen LogP contribution in [0.15, 0.2) is 36.4 Å². The zero-order chi connectivity index (χ0) is 13.7. The molecule has 2 rings (SSSR count). The van der Waals surface area contributed by atoms with E-state index in [1.807, 2.05) is 50.4 Å². The molecule has 0 saturated heterocycles. The molecule has 1 heterocycles. The van der Waals surface area contributed by atoms with Crippen molar-refractivity contribution < 1.29 is 9.47 Å². The minimum Gasteiger partial charge on any atom is -0.497 e. The molecule has 1 N–H and O–H groups in total. The number of benzene rings is 1. The maximum absolute atomic E-state index is 5.72. The minimum absolute atomic E-state index is 0.589. The highest BCUT2D eigenvalue weighted by molar-refractivity contribution is 5.36. The van der Waals surface area contributed by atoms with E-state index in [1.165, 1.54) is 5.56 Å². The summed E-state index contributed by atoms with van der Waals surface area (Å²) in [6.45, 7) is 2.78. The van der Waals surface area contributed by atoms with Gasteiger partial charge in [0.2, 0.25) is 5.88 Å². The molecule has 0 radical (unpaired) electrons. The van der Waals surface area contributed by atoms with E-state index >= 15 is 0 Å². The molecule has 0 aliphatic rings. The highest BCUT2D eigenvalue weighted by Crippen LogP contribution is 2.24. The lowest BCUT2D eigenvalue weighted by molar-refractivity contribution is 0.407. The van der Waals surface area contributed by atoms with Gasteiger partial charge in [-0.25, -0.2) is 4.98 Å². The maximum Gasteiger partial charge on any atom is 0.219 e. The van der Waals surface area contributed by atoms with Gasteiger partial charge >= 0.3 is 0 Å². The van der Waals surface area contributed by atoms with Crippen LogP contribution in [0.4, 0.5) is 0 Å². The van der Waals surface area contributed by atoms with Gasteiger partial charge in [-0.05, 0) is 31.7 Å². The van der Waals surface area contributed by atoms with Crippen molar-refractivity contribution in [1.82, 2.24) is 10.3 Å². The first-order chi connectivity index (χ1) is 9.22. The third-order valence-electron chi connectivity index (χ3n) is 2.80. The molecule has 0 spiro atoms. The summed E-state index contributed by atoms with van der Waals surface area (Å²) in [5, 5.41) is 3.11. The van der Waals surface area contributed by atoms with E-state index in [0.717, 1.165) is 18.0 Å². The van der Waals surface area contributed by atoms with Crippen LogP contribution in [0, 0.1) is 6.92 Å². The quantitative estimate of drug-likeness (QED) is 0.895. The molecule has 0 fully saturated rings. The number of aryl methyl sites for hydroxylation is 1. The third kappa shape index (κ3) is 3.45. The highest BCUT2D eigenvalue weighted by atomic mass is 16.5. The minimum atomic E-state index is 0.589. The molecule has 2 aromatic rings. The van der Waals surface area contributed by atoms with Gasteiger partial charge in [0.25, 0.3) is 0 Å². The van der Waals surface area contributed by atoms with Gasteiger partial charge in [-0.2, -0.15) is 0 Å². The zero-order valence-electron chi connectivity index (χ0n) is 11.4. The van der Waals surface area contributed by atoms with Gasteiger partial charge in [-0.3, -0.25) is 0 Å². The van der Waals surface area contributed by atoms with Crippen LogP contribution < -0.4 is 14.8 Å². The Morgan fingerprint density at radius 1 is 1.16 bits per heavy atom. The third-order valence-corrected chi connectivity index (χ3v) is 2.80. The van der Waals surface area contributed by atoms with Crippen LogP contribution in [0.25, 0.3) is 0 Å². The molecule has 100 valence electrons. The standard InChI is InChI=1S/C15H18N2O2/c1-11-12(10-16-2)7-8-15(17-11)19-14-6-4-5-13(9-14)18-3/h4-9,16H,10H2,1-3H3. The zero-order valence-corrected chi connectivity index (χ0v) is 11.4. The second-order valence-electron chi connectivity index (χ2n) is 4.21. The predicted molar refractivity (Wildman–Crippen MR) is 74.8 cm³/mol. The average molecular weight is 258 g/mol. The SMILES string of the molecule is CNCc1ccc(Oc2cccc(OC)c2)nc1C. The van der Waals surface area contributed by atoms with Crippen molar-refractivity contribution in [2.75, 3.05) is 14.2 Å². The molecular weight excluding hydrogens is 240 g/mol. The van der Waals surface area contributed by atoms with E-state index < -0.39 is 0 Å². The molecule has 0 aliphatic heterocycles. The Bertz CT molecular complexity index is 556. The largest absolute Gasteiger partial charge is 0.497 e. The molecule has 0 bridgehead atoms. The Kier molecular flexibility index (Phi) is 4.36. The Balaban J connectivity index is 2.16. The molecule has 0 aliphatic carbocycles. The van der Waals surface area contributed by atoms with E-state index in [1.54, 1.807) is 7.11 Å². The van der Waals surface area contributed by atoms with Crippen molar-refractivity contribution in [2.45, 2.75) is 13.5 Å². The lowest BCUT2D eigenvalue weighted by Crippen LogP contribution is -2.07. The Labute approximate surface area is 113 Å². The van der Waals surface area contributed by atoms with Gasteiger partial charge in [0.15, 0.2) is 0 Å². The van der Waals surface area contributed by atoms with Crippen molar-refractivity contribution in [3.8, 4) is 17.4 Å². The fourth-order valence-electron chi connectivity index (χ4n) is 1.79. The number of hydrogen-bond donors (Lipinski definition) is 1. The smallest absolute Gasteiger partial charge is 0.219 e. The number of pyridine rings is 1. The molecule has 0 atom stereocenters. The fraction of sp³-hybridized carbons (Fsp3) is 0.267. The van der Waals surface area contributed by atoms with Gasteiger partial charge in [-0.15, -0.1) is 0 Å². The maximum atomic E-state index is 5.72. The van der Waals surface area contributed by atoms with Crippen LogP contribution in [0.1, 0.15) is 11.3 Å². The summed E-state index contributed by atoms with van der Waals surface area (Å²) in [6, 6.07) is 11.4. The molecule has 0 unspecified atom stereocenters. The van der Waals surface area contributed by atoms with Gasteiger partial charge in [0.1, 0.15) is 11.5 Å². The van der Waals surface area contributed by atoms with Gasteiger partial charge in [0.05, 0.1) is 7.11 Å². The van der Waals surface area contributed by atoms with Crippen LogP contribution in [0.5, 0.6) is 17.4 Å². The Morgan fingerprint density at radius 3 is 2.63 bits per heavy atom. The molecule has 0 saturated carbocycles. The molecular formula is C15H18N2O2. The summed E-state index contributed by atoms with van der Waals surface area (Å²) >= 11 is 0. The number of nitrogens with one attached hydrogen (secondary N) is 1. The van der Waals surface area contributed by atoms with Crippen LogP contribution in [0.2, 0.25) is 0 Å². The number of hydrogen-bond acceptors (Lipinski definition) is 4. The molecule has 1 aromatic carbocycles. The number of methoxy groups -OCH3 is 1. The van der Waals surface area contributed by atoms with Crippen LogP contribution in [0.3, 0.4) is 0 Å². The van der Waals surface area contributed by atoms with E-state index in [2.05, 4.69) is 10.3 Å². The monoisotopic (exact) mass is 258 g/mol. The Morgan fingerprint density at radius 2 is 1.95 bits per heavy atom. The average Bonchev–Trinajstić information content (AvgIpc) is 2.42. The van der Waals surface area contributed by atoms with Crippen LogP contribution in [-0.2, 0) is 6.54 Å². The van der Waals surface area contributed by atoms with E-state index in [4.69, 9.17) is 9.47 Å². The first-order valence-electron chi connectivity index (χ1n) is 6.16. The summed E-state index contributed by atoms with van der Waals surface area (Å²) in [4.78, 5) is 4.44. The van der Waals surface area contributed by atoms with Crippen molar-refractivity contribution >= 4 is 0 Å². The van der Waals surface area contributed by atoms with E-state index in [-0.39, 0.29) is 0 Å². The van der Waals surface area contributed by atoms with Crippen molar-refractivity contribution in [3.05, 3.63) is 47.7 Å². The van der Waals surface area contributed by atoms with Gasteiger partial charge in [-0.1, -0.05) is 12.1 Å². The lowest BCUT2D eigenvalue weighted by Gasteiger charge is -2.09. The summed E-state index contributed by atoms with van der Waals surface area (Å²) in [6.07, 6.45) is 0. The number of ether oxygens (including phenoxy) is 2. The topological polar surface area (TPSA) is 43.4 Å². The molecule has 4 heteroatoms. The normalized spacial score (nSPS) is 10.3. The van der Waals surface area contributed by atoms with Crippen molar-refractivity contribution in [1.29, 1.82) is 0 Å². The van der Waals surface area contributed by atoms with Crippen molar-refractivity contribution in [3.63, 3.8) is 0 Å². The first-order valence-corrected chi connectivity index (χ1v) is 6.16. The van der Waals surface area contributed by atoms with Gasteiger partial charge in [0, 0.05) is 24.4 Å². The molecule has 0 amide bonds. The molecule has 19 heavy (non-hydrogen) atoms. The fourth-order valence-corrected chi connectivity index (χ4v) is 1.79. The first kappa shape index (κ1) is 13.4. The summed E-state index contributed by atoms with van der Waals surface area (Å²) in [5.41, 5.74) is 2.13. The van der Waals surface area contributed by atoms with Crippen LogP contribution >= 0.6 is 0 Å². The highest BCUT2D eigenvalue weighted by Gasteiger charge is 2.04. The lowest BCUT2D eigenvalue weighted by atomic mass is 10.2. The Hall–Kier alpha value is -2.07. The van der Waals surface area contributed by atoms with Crippen LogP contribution in [-0.4, -0.2) is 19.1 Å². The van der Waals surface area contributed by atoms with Crippen molar-refractivity contribution in [2.24, 2.45) is 0 Å². The number of nitrogens with zero attached hydrogens (tertiary/aromatic N) is 1. The summed E-state index contributed by atoms with van der Waals surface area (Å²) in [7, 11) is 3.55. The molecule has 1 aromatic heterocycles.